The maximum Gasteiger partial charge on any atom is 0.417 e. The van der Waals surface area contributed by atoms with Gasteiger partial charge in [0.05, 0.1) is 23.7 Å². The number of hydrogen-bond donors (Lipinski definition) is 1. The molecule has 0 spiro atoms. The molecule has 6 rings (SSSR count). The van der Waals surface area contributed by atoms with Gasteiger partial charge in [0.25, 0.3) is 0 Å². The maximum absolute atomic E-state index is 14.5. The molecule has 5 unspecified atom stereocenters. The second kappa shape index (κ2) is 12.6. The number of hydrogen-bond acceptors (Lipinski definition) is 7. The van der Waals surface area contributed by atoms with Crippen LogP contribution < -0.4 is 5.32 Å². The molecule has 1 aliphatic carbocycles. The van der Waals surface area contributed by atoms with Crippen LogP contribution in [0, 0.1) is 11.3 Å². The van der Waals surface area contributed by atoms with Crippen molar-refractivity contribution in [1.29, 1.82) is 0 Å². The van der Waals surface area contributed by atoms with Gasteiger partial charge in [-0.2, -0.15) is 13.2 Å². The number of amides is 2. The molecule has 12 heteroatoms. The van der Waals surface area contributed by atoms with Crippen LogP contribution in [-0.4, -0.2) is 109 Å². The number of piperidine rings is 1. The largest absolute Gasteiger partial charge is 0.417 e. The van der Waals surface area contributed by atoms with E-state index in [0.717, 1.165) is 44.7 Å². The second-order valence-corrected chi connectivity index (χ2v) is 13.1. The van der Waals surface area contributed by atoms with Crippen LogP contribution in [0.3, 0.4) is 0 Å². The first-order valence-corrected chi connectivity index (χ1v) is 15.9. The number of nitrogens with one attached hydrogen (secondary N) is 1. The third-order valence-corrected chi connectivity index (χ3v) is 10.5. The summed E-state index contributed by atoms with van der Waals surface area (Å²) < 4.78 is 51.6. The Labute approximate surface area is 251 Å². The van der Waals surface area contributed by atoms with Crippen LogP contribution in [0.25, 0.3) is 0 Å². The fourth-order valence-electron chi connectivity index (χ4n) is 8.12. The van der Waals surface area contributed by atoms with Crippen LogP contribution in [0.1, 0.15) is 61.8 Å². The van der Waals surface area contributed by atoms with Crippen molar-refractivity contribution < 1.29 is 32.2 Å². The van der Waals surface area contributed by atoms with Gasteiger partial charge >= 0.3 is 6.18 Å². The lowest BCUT2D eigenvalue weighted by atomic mass is 9.78. The Balaban J connectivity index is 1.19. The molecule has 4 fully saturated rings. The lowest BCUT2D eigenvalue weighted by Crippen LogP contribution is -2.52. The SMILES string of the molecule is COC1COCCC1NC1CC2CN(C(=O)CCN3CCCCC3)CC2(C(=O)N2CCc3ncc(C(F)(F)F)cc3C2)C1. The second-order valence-electron chi connectivity index (χ2n) is 13.1. The van der Waals surface area contributed by atoms with Crippen LogP contribution in [-0.2, 0) is 38.2 Å². The number of rotatable bonds is 7. The van der Waals surface area contributed by atoms with E-state index < -0.39 is 17.2 Å². The molecule has 1 aromatic heterocycles. The fraction of sp³-hybridized carbons (Fsp3) is 0.774. The number of likely N-dealkylation sites (tertiary alicyclic amines) is 2. The molecule has 9 nitrogen and oxygen atoms in total. The normalized spacial score (nSPS) is 31.6. The summed E-state index contributed by atoms with van der Waals surface area (Å²) in [6.45, 7) is 5.38. The van der Waals surface area contributed by atoms with E-state index in [0.29, 0.717) is 63.4 Å². The molecule has 1 aromatic rings. The Bertz CT molecular complexity index is 1180. The Morgan fingerprint density at radius 2 is 2.00 bits per heavy atom. The molecular weight excluding hydrogens is 563 g/mol. The van der Waals surface area contributed by atoms with Gasteiger partial charge in [-0.15, -0.1) is 0 Å². The highest BCUT2D eigenvalue weighted by atomic mass is 19.4. The van der Waals surface area contributed by atoms with Crippen molar-refractivity contribution in [2.75, 3.05) is 59.6 Å². The number of pyridine rings is 1. The first-order valence-electron chi connectivity index (χ1n) is 15.9. The van der Waals surface area contributed by atoms with E-state index in [1.165, 1.54) is 19.3 Å². The van der Waals surface area contributed by atoms with Gasteiger partial charge < -0.3 is 29.5 Å². The standard InChI is InChI=1S/C31H44F3N5O4/c1-42-27-19-43-12-7-26(27)36-24-14-23-18-39(28(40)6-10-37-8-3-2-4-9-37)20-30(23,15-24)29(41)38-11-5-25-21(17-38)13-22(16-35-25)31(32,33)34/h13,16,23-24,26-27,36H,2-12,14-15,17-20H2,1H3. The van der Waals surface area contributed by atoms with Gasteiger partial charge in [-0.25, -0.2) is 0 Å². The Morgan fingerprint density at radius 3 is 2.77 bits per heavy atom. The molecule has 5 aliphatic rings. The van der Waals surface area contributed by atoms with Gasteiger partial charge in [0, 0.05) is 83.3 Å². The van der Waals surface area contributed by atoms with Crippen molar-refractivity contribution in [3.05, 3.63) is 29.1 Å². The predicted molar refractivity (Wildman–Crippen MR) is 152 cm³/mol. The summed E-state index contributed by atoms with van der Waals surface area (Å²) in [6, 6.07) is 1.33. The predicted octanol–water partition coefficient (Wildman–Crippen LogP) is 2.86. The highest BCUT2D eigenvalue weighted by Crippen LogP contribution is 2.51. The molecule has 1 saturated carbocycles. The van der Waals surface area contributed by atoms with Gasteiger partial charge in [-0.05, 0) is 62.7 Å². The van der Waals surface area contributed by atoms with Crippen LogP contribution in [0.2, 0.25) is 0 Å². The molecule has 43 heavy (non-hydrogen) atoms. The van der Waals surface area contributed by atoms with E-state index in [1.807, 2.05) is 4.90 Å². The number of alkyl halides is 3. The van der Waals surface area contributed by atoms with E-state index in [4.69, 9.17) is 9.47 Å². The topological polar surface area (TPSA) is 87.2 Å². The summed E-state index contributed by atoms with van der Waals surface area (Å²) in [6.07, 6.45) is 2.93. The van der Waals surface area contributed by atoms with Crippen LogP contribution in [0.15, 0.2) is 12.3 Å². The molecule has 5 atom stereocenters. The summed E-state index contributed by atoms with van der Waals surface area (Å²) in [5, 5.41) is 3.76. The van der Waals surface area contributed by atoms with Crippen molar-refractivity contribution in [2.45, 2.75) is 82.3 Å². The number of halogens is 3. The molecule has 0 aromatic carbocycles. The molecule has 1 N–H and O–H groups in total. The summed E-state index contributed by atoms with van der Waals surface area (Å²) >= 11 is 0. The summed E-state index contributed by atoms with van der Waals surface area (Å²) in [7, 11) is 1.68. The van der Waals surface area contributed by atoms with Gasteiger partial charge in [-0.3, -0.25) is 14.6 Å². The van der Waals surface area contributed by atoms with Gasteiger partial charge in [0.15, 0.2) is 0 Å². The van der Waals surface area contributed by atoms with E-state index in [2.05, 4.69) is 15.2 Å². The lowest BCUT2D eigenvalue weighted by Gasteiger charge is -2.38. The zero-order valence-electron chi connectivity index (χ0n) is 25.0. The summed E-state index contributed by atoms with van der Waals surface area (Å²) in [5.41, 5.74) is -0.494. The summed E-state index contributed by atoms with van der Waals surface area (Å²) in [5.74, 6) is 0.0216. The average Bonchev–Trinajstić information content (AvgIpc) is 3.54. The quantitative estimate of drug-likeness (QED) is 0.510. The smallest absolute Gasteiger partial charge is 0.379 e. The highest BCUT2D eigenvalue weighted by Gasteiger charge is 2.59. The van der Waals surface area contributed by atoms with Crippen molar-refractivity contribution >= 4 is 11.8 Å². The Hall–Kier alpha value is -2.28. The minimum Gasteiger partial charge on any atom is -0.379 e. The molecule has 2 amide bonds. The Kier molecular flexibility index (Phi) is 9.01. The lowest BCUT2D eigenvalue weighted by molar-refractivity contribution is -0.144. The van der Waals surface area contributed by atoms with E-state index in [1.54, 1.807) is 12.0 Å². The third-order valence-electron chi connectivity index (χ3n) is 10.5. The number of carbonyl (C=O) groups excluding carboxylic acids is 2. The molecule has 3 saturated heterocycles. The fourth-order valence-corrected chi connectivity index (χ4v) is 8.12. The van der Waals surface area contributed by atoms with Gasteiger partial charge in [0.1, 0.15) is 0 Å². The van der Waals surface area contributed by atoms with Crippen molar-refractivity contribution in [3.63, 3.8) is 0 Å². The van der Waals surface area contributed by atoms with E-state index >= 15 is 0 Å². The molecule has 5 heterocycles. The highest BCUT2D eigenvalue weighted by molar-refractivity contribution is 5.86. The number of fused-ring (bicyclic) bond motifs is 2. The molecular formula is C31H44F3N5O4. The number of carbonyl (C=O) groups is 2. The first-order chi connectivity index (χ1) is 20.7. The van der Waals surface area contributed by atoms with E-state index in [-0.39, 0.29) is 42.5 Å². The van der Waals surface area contributed by atoms with Crippen molar-refractivity contribution in [2.24, 2.45) is 11.3 Å². The number of nitrogens with zero attached hydrogens (tertiary/aromatic N) is 4. The molecule has 238 valence electrons. The van der Waals surface area contributed by atoms with Gasteiger partial charge in [0.2, 0.25) is 11.8 Å². The Morgan fingerprint density at radius 1 is 1.19 bits per heavy atom. The zero-order chi connectivity index (χ0) is 30.2. The first kappa shape index (κ1) is 30.7. The van der Waals surface area contributed by atoms with Crippen LogP contribution >= 0.6 is 0 Å². The minimum atomic E-state index is -4.49. The van der Waals surface area contributed by atoms with E-state index in [9.17, 15) is 22.8 Å². The molecule has 0 radical (unpaired) electrons. The van der Waals surface area contributed by atoms with Crippen LogP contribution in [0.4, 0.5) is 13.2 Å². The van der Waals surface area contributed by atoms with Crippen molar-refractivity contribution in [3.8, 4) is 0 Å². The summed E-state index contributed by atoms with van der Waals surface area (Å²) in [4.78, 5) is 38.0. The monoisotopic (exact) mass is 607 g/mol. The number of aromatic nitrogens is 1. The number of methoxy groups -OCH3 is 1. The average molecular weight is 608 g/mol. The minimum absolute atomic E-state index is 0.0155. The molecule has 0 bridgehead atoms. The van der Waals surface area contributed by atoms with Crippen LogP contribution in [0.5, 0.6) is 0 Å². The van der Waals surface area contributed by atoms with Gasteiger partial charge in [-0.1, -0.05) is 6.42 Å². The third kappa shape index (κ3) is 6.43. The zero-order valence-corrected chi connectivity index (χ0v) is 25.0. The molecule has 4 aliphatic heterocycles. The van der Waals surface area contributed by atoms with Crippen molar-refractivity contribution in [1.82, 2.24) is 25.0 Å². The maximum atomic E-state index is 14.5. The number of ether oxygens (including phenoxy) is 2.